The van der Waals surface area contributed by atoms with Gasteiger partial charge in [0.25, 0.3) is 0 Å². The average molecular weight is 609 g/mol. The molecular weight excluding hydrogens is 574 g/mol. The third-order valence-electron chi connectivity index (χ3n) is 7.35. The first-order chi connectivity index (χ1) is 21.9. The number of nitrogens with one attached hydrogen (secondary N) is 1. The van der Waals surface area contributed by atoms with E-state index in [0.717, 1.165) is 62.3 Å². The van der Waals surface area contributed by atoms with Gasteiger partial charge in [-0.25, -0.2) is 8.78 Å². The second kappa shape index (κ2) is 16.6. The molecule has 0 saturated heterocycles. The van der Waals surface area contributed by atoms with Crippen LogP contribution in [0.1, 0.15) is 68.9 Å². The molecule has 4 aromatic carbocycles. The van der Waals surface area contributed by atoms with E-state index >= 15 is 0 Å². The highest BCUT2D eigenvalue weighted by molar-refractivity contribution is 5.79. The molecule has 0 unspecified atom stereocenters. The van der Waals surface area contributed by atoms with Gasteiger partial charge >= 0.3 is 11.9 Å². The van der Waals surface area contributed by atoms with Gasteiger partial charge in [-0.3, -0.25) is 9.59 Å². The number of benzene rings is 4. The Labute approximate surface area is 261 Å². The number of ether oxygens (including phenoxy) is 2. The zero-order chi connectivity index (χ0) is 32.0. The highest BCUT2D eigenvalue weighted by Crippen LogP contribution is 2.26. The van der Waals surface area contributed by atoms with E-state index in [0.29, 0.717) is 35.5 Å². The number of rotatable bonds is 15. The van der Waals surface area contributed by atoms with Gasteiger partial charge in [-0.1, -0.05) is 68.5 Å². The number of unbranched alkanes of at least 4 members (excludes halogenated alkanes) is 6. The molecule has 0 radical (unpaired) electrons. The molecule has 8 heteroatoms. The maximum Gasteiger partial charge on any atom is 0.311 e. The fourth-order valence-corrected chi connectivity index (χ4v) is 4.83. The normalized spacial score (nSPS) is 10.6. The fraction of sp³-hybridized carbons (Fsp3) is 0.243. The Morgan fingerprint density at radius 2 is 1.04 bits per heavy atom. The molecule has 0 aliphatic carbocycles. The van der Waals surface area contributed by atoms with Gasteiger partial charge in [-0.2, -0.15) is 5.26 Å². The van der Waals surface area contributed by atoms with E-state index in [1.54, 1.807) is 72.8 Å². The van der Waals surface area contributed by atoms with Crippen molar-refractivity contribution in [2.45, 2.75) is 57.8 Å². The van der Waals surface area contributed by atoms with Gasteiger partial charge in [-0.15, -0.1) is 0 Å². The summed E-state index contributed by atoms with van der Waals surface area (Å²) in [4.78, 5) is 24.4. The minimum Gasteiger partial charge on any atom is -0.427 e. The summed E-state index contributed by atoms with van der Waals surface area (Å²) in [5.41, 5.74) is 3.07. The standard InChI is InChI=1S/C37H34F2N2O4/c38-34-22-28(10-12-30(34)24-40)26-14-18-32(19-15-26)44-36(42)8-6-4-2-1-3-5-7-9-37(43)45-33-20-16-27(17-21-33)29-11-13-31(25-41)35(39)23-29/h10-24,40H,1-9H2. The molecule has 6 nitrogen and oxygen atoms in total. The Morgan fingerprint density at radius 3 is 1.47 bits per heavy atom. The van der Waals surface area contributed by atoms with Crippen molar-refractivity contribution in [3.05, 3.63) is 108 Å². The third kappa shape index (κ3) is 9.94. The Balaban J connectivity index is 1.04. The molecule has 0 atom stereocenters. The summed E-state index contributed by atoms with van der Waals surface area (Å²) in [6, 6.07) is 24.6. The van der Waals surface area contributed by atoms with E-state index in [-0.39, 0.29) is 23.1 Å². The molecule has 0 aliphatic rings. The van der Waals surface area contributed by atoms with Crippen LogP contribution in [0.15, 0.2) is 84.9 Å². The highest BCUT2D eigenvalue weighted by atomic mass is 19.1. The number of halogens is 2. The van der Waals surface area contributed by atoms with E-state index in [1.165, 1.54) is 18.2 Å². The van der Waals surface area contributed by atoms with Gasteiger partial charge in [0.1, 0.15) is 29.2 Å². The summed E-state index contributed by atoms with van der Waals surface area (Å²) >= 11 is 0. The van der Waals surface area contributed by atoms with Crippen molar-refractivity contribution in [2.75, 3.05) is 0 Å². The van der Waals surface area contributed by atoms with Gasteiger partial charge in [0.05, 0.1) is 5.56 Å². The molecule has 0 amide bonds. The number of hydrogen-bond acceptors (Lipinski definition) is 6. The summed E-state index contributed by atoms with van der Waals surface area (Å²) < 4.78 is 38.7. The van der Waals surface area contributed by atoms with Crippen LogP contribution >= 0.6 is 0 Å². The van der Waals surface area contributed by atoms with Crippen molar-refractivity contribution >= 4 is 18.2 Å². The Kier molecular flexibility index (Phi) is 12.1. The van der Waals surface area contributed by atoms with Crippen molar-refractivity contribution in [2.24, 2.45) is 0 Å². The number of nitriles is 1. The molecule has 0 spiro atoms. The van der Waals surface area contributed by atoms with E-state index in [2.05, 4.69) is 0 Å². The molecule has 0 aromatic heterocycles. The summed E-state index contributed by atoms with van der Waals surface area (Å²) in [5.74, 6) is -0.755. The molecule has 4 aromatic rings. The van der Waals surface area contributed by atoms with Gasteiger partial charge < -0.3 is 14.9 Å². The largest absolute Gasteiger partial charge is 0.427 e. The van der Waals surface area contributed by atoms with Crippen LogP contribution in [0.2, 0.25) is 0 Å². The van der Waals surface area contributed by atoms with Crippen molar-refractivity contribution < 1.29 is 27.8 Å². The van der Waals surface area contributed by atoms with Gasteiger partial charge in [0.15, 0.2) is 0 Å². The molecule has 0 fully saturated rings. The van der Waals surface area contributed by atoms with Crippen LogP contribution in [0.5, 0.6) is 11.5 Å². The molecule has 230 valence electrons. The van der Waals surface area contributed by atoms with Crippen LogP contribution in [-0.4, -0.2) is 18.2 Å². The van der Waals surface area contributed by atoms with Gasteiger partial charge in [0.2, 0.25) is 0 Å². The molecule has 4 rings (SSSR count). The third-order valence-corrected chi connectivity index (χ3v) is 7.35. The summed E-state index contributed by atoms with van der Waals surface area (Å²) in [6.45, 7) is 0. The summed E-state index contributed by atoms with van der Waals surface area (Å²) in [5, 5.41) is 16.1. The zero-order valence-corrected chi connectivity index (χ0v) is 24.9. The van der Waals surface area contributed by atoms with Crippen LogP contribution in [0.3, 0.4) is 0 Å². The predicted molar refractivity (Wildman–Crippen MR) is 169 cm³/mol. The molecule has 0 saturated carbocycles. The predicted octanol–water partition coefficient (Wildman–Crippen LogP) is 9.19. The topological polar surface area (TPSA) is 100 Å². The smallest absolute Gasteiger partial charge is 0.311 e. The maximum absolute atomic E-state index is 14.0. The lowest BCUT2D eigenvalue weighted by Crippen LogP contribution is -2.07. The Morgan fingerprint density at radius 1 is 0.622 bits per heavy atom. The van der Waals surface area contributed by atoms with E-state index in [9.17, 15) is 18.4 Å². The first-order valence-corrected chi connectivity index (χ1v) is 15.0. The van der Waals surface area contributed by atoms with Crippen LogP contribution in [0, 0.1) is 28.4 Å². The lowest BCUT2D eigenvalue weighted by Gasteiger charge is -2.07. The van der Waals surface area contributed by atoms with E-state index in [4.69, 9.17) is 20.1 Å². The fourth-order valence-electron chi connectivity index (χ4n) is 4.83. The first-order valence-electron chi connectivity index (χ1n) is 15.0. The van der Waals surface area contributed by atoms with Crippen LogP contribution in [0.25, 0.3) is 22.3 Å². The van der Waals surface area contributed by atoms with Crippen LogP contribution in [0.4, 0.5) is 8.78 Å². The number of hydrogen-bond donors (Lipinski definition) is 1. The van der Waals surface area contributed by atoms with Gasteiger partial charge in [-0.05, 0) is 83.6 Å². The van der Waals surface area contributed by atoms with E-state index in [1.807, 2.05) is 0 Å². The lowest BCUT2D eigenvalue weighted by molar-refractivity contribution is -0.135. The number of carbonyl (C=O) groups excluding carboxylic acids is 2. The van der Waals surface area contributed by atoms with E-state index < -0.39 is 11.6 Å². The first kappa shape index (κ1) is 32.7. The summed E-state index contributed by atoms with van der Waals surface area (Å²) in [6.07, 6.45) is 7.93. The second-order valence-electron chi connectivity index (χ2n) is 10.7. The molecule has 45 heavy (non-hydrogen) atoms. The van der Waals surface area contributed by atoms with Crippen LogP contribution in [-0.2, 0) is 9.59 Å². The van der Waals surface area contributed by atoms with Gasteiger partial charge in [0, 0.05) is 24.6 Å². The molecular formula is C37H34F2N2O4. The van der Waals surface area contributed by atoms with Crippen molar-refractivity contribution in [1.29, 1.82) is 10.7 Å². The number of nitrogens with zero attached hydrogens (tertiary/aromatic N) is 1. The second-order valence-corrected chi connectivity index (χ2v) is 10.7. The number of esters is 2. The Bertz CT molecular complexity index is 1660. The molecule has 0 heterocycles. The quantitative estimate of drug-likeness (QED) is 0.0628. The maximum atomic E-state index is 14.0. The molecule has 1 N–H and O–H groups in total. The summed E-state index contributed by atoms with van der Waals surface area (Å²) in [7, 11) is 0. The average Bonchev–Trinajstić information content (AvgIpc) is 3.04. The lowest BCUT2D eigenvalue weighted by atomic mass is 10.0. The van der Waals surface area contributed by atoms with Crippen LogP contribution < -0.4 is 9.47 Å². The molecule has 0 bridgehead atoms. The van der Waals surface area contributed by atoms with Crippen molar-refractivity contribution in [3.8, 4) is 39.8 Å². The minimum atomic E-state index is -0.574. The number of carbonyl (C=O) groups is 2. The monoisotopic (exact) mass is 608 g/mol. The highest BCUT2D eigenvalue weighted by Gasteiger charge is 2.09. The SMILES string of the molecule is N#Cc1ccc(-c2ccc(OC(=O)CCCCCCCCCC(=O)Oc3ccc(-c4ccc(C=N)c(F)c4)cc3)cc2)cc1F. The zero-order valence-electron chi connectivity index (χ0n) is 24.9. The Hall–Kier alpha value is -5.16. The van der Waals surface area contributed by atoms with Crippen molar-refractivity contribution in [1.82, 2.24) is 0 Å². The minimum absolute atomic E-state index is 0.00716. The molecule has 0 aliphatic heterocycles. The van der Waals surface area contributed by atoms with Crippen molar-refractivity contribution in [3.63, 3.8) is 0 Å².